The van der Waals surface area contributed by atoms with Gasteiger partial charge in [-0.15, -0.1) is 0 Å². The highest BCUT2D eigenvalue weighted by Crippen LogP contribution is 1.81. The Morgan fingerprint density at radius 1 is 1.50 bits per heavy atom. The van der Waals surface area contributed by atoms with Gasteiger partial charge in [-0.25, -0.2) is 0 Å². The summed E-state index contributed by atoms with van der Waals surface area (Å²) >= 11 is 0. The van der Waals surface area contributed by atoms with Crippen molar-refractivity contribution in [3.05, 3.63) is 0 Å². The highest BCUT2D eigenvalue weighted by atomic mass is 32.3. The quantitative estimate of drug-likeness (QED) is 0.470. The Labute approximate surface area is 50.0 Å². The van der Waals surface area contributed by atoms with E-state index >= 15 is 0 Å². The summed E-state index contributed by atoms with van der Waals surface area (Å²) in [4.78, 5) is 10.2. The summed E-state index contributed by atoms with van der Waals surface area (Å²) in [6.07, 6.45) is 3.02. The molecular weight excluding hydrogens is 126 g/mol. The molecule has 0 fully saturated rings. The molecule has 0 aliphatic carbocycles. The Morgan fingerprint density at radius 3 is 1.88 bits per heavy atom. The highest BCUT2D eigenvalue weighted by molar-refractivity contribution is 8.00. The summed E-state index contributed by atoms with van der Waals surface area (Å²) in [5.41, 5.74) is 0. The van der Waals surface area contributed by atoms with Crippen molar-refractivity contribution in [3.8, 4) is 0 Å². The number of thiol groups is 1. The first kappa shape index (κ1) is 7.62. The van der Waals surface area contributed by atoms with Crippen LogP contribution in [0, 0.1) is 0 Å². The van der Waals surface area contributed by atoms with Gasteiger partial charge in [0.15, 0.2) is 0 Å². The van der Waals surface area contributed by atoms with Crippen LogP contribution in [0.15, 0.2) is 0 Å². The topological polar surface area (TPSA) is 46.2 Å². The number of carbonyl (C=O) groups excluding carboxylic acids is 1. The van der Waals surface area contributed by atoms with Gasteiger partial charge in [-0.1, -0.05) is 0 Å². The lowest BCUT2D eigenvalue weighted by atomic mass is 10.8. The fourth-order valence-electron chi connectivity index (χ4n) is 0.379. The molecule has 0 aliphatic rings. The van der Waals surface area contributed by atoms with Gasteiger partial charge in [-0.2, -0.15) is 0 Å². The van der Waals surface area contributed by atoms with E-state index < -0.39 is 10.1 Å². The van der Waals surface area contributed by atoms with Gasteiger partial charge in [0.2, 0.25) is 5.91 Å². The minimum absolute atomic E-state index is 0.238. The Morgan fingerprint density at radius 2 is 1.88 bits per heavy atom. The molecule has 0 rings (SSSR count). The van der Waals surface area contributed by atoms with E-state index in [-0.39, 0.29) is 5.91 Å². The summed E-state index contributed by atoms with van der Waals surface area (Å²) in [5.74, 6) is -0.238. The van der Waals surface area contributed by atoms with Gasteiger partial charge in [-0.3, -0.25) is 13.7 Å². The van der Waals surface area contributed by atoms with Crippen molar-refractivity contribution >= 4 is 16.0 Å². The van der Waals surface area contributed by atoms with E-state index in [4.69, 9.17) is 0 Å². The van der Waals surface area contributed by atoms with E-state index in [2.05, 4.69) is 4.72 Å². The predicted octanol–water partition coefficient (Wildman–Crippen LogP) is -0.686. The second-order valence-corrected chi connectivity index (χ2v) is 4.94. The molecule has 0 saturated heterocycles. The smallest absolute Gasteiger partial charge is 0.226 e. The summed E-state index contributed by atoms with van der Waals surface area (Å²) in [5, 5.41) is 0. The Hall–Kier alpha value is -0.380. The molecule has 0 radical (unpaired) electrons. The molecule has 0 bridgehead atoms. The maximum atomic E-state index is 10.7. The summed E-state index contributed by atoms with van der Waals surface area (Å²) in [6.45, 7) is 1.35. The fraction of sp³-hybridized carbons (Fsp3) is 0.750. The van der Waals surface area contributed by atoms with Gasteiger partial charge in [0.1, 0.15) is 0 Å². The lowest BCUT2D eigenvalue weighted by molar-refractivity contribution is -0.117. The van der Waals surface area contributed by atoms with E-state index in [1.807, 2.05) is 0 Å². The third kappa shape index (κ3) is 5.62. The zero-order valence-electron chi connectivity index (χ0n) is 5.26. The monoisotopic (exact) mass is 137 g/mol. The normalized spacial score (nSPS) is 12.9. The van der Waals surface area contributed by atoms with Crippen molar-refractivity contribution in [2.75, 3.05) is 12.5 Å². The maximum absolute atomic E-state index is 10.7. The minimum Gasteiger partial charge on any atom is -0.298 e. The Kier molecular flexibility index (Phi) is 2.15. The Balaban J connectivity index is 3.74. The molecule has 1 N–H and O–H groups in total. The first-order valence-electron chi connectivity index (χ1n) is 2.25. The molecule has 1 amide bonds. The maximum Gasteiger partial charge on any atom is 0.226 e. The standard InChI is InChI=1S/C4H11NO2S/c1-4(6)5-8(2,3)7/h8H,1-3H3,(H,5,6,7). The Bertz CT molecular complexity index is 137. The van der Waals surface area contributed by atoms with Crippen LogP contribution in [0.25, 0.3) is 0 Å². The van der Waals surface area contributed by atoms with Gasteiger partial charge in [0.25, 0.3) is 0 Å². The van der Waals surface area contributed by atoms with Crippen LogP contribution < -0.4 is 4.72 Å². The van der Waals surface area contributed by atoms with Crippen LogP contribution in [0.1, 0.15) is 6.92 Å². The van der Waals surface area contributed by atoms with Crippen LogP contribution in [-0.2, 0) is 14.9 Å². The molecule has 0 spiro atoms. The fourth-order valence-corrected chi connectivity index (χ4v) is 1.14. The summed E-state index contributed by atoms with van der Waals surface area (Å²) in [7, 11) is -2.32. The molecule has 3 nitrogen and oxygen atoms in total. The van der Waals surface area contributed by atoms with Crippen molar-refractivity contribution in [1.82, 2.24) is 4.72 Å². The molecule has 0 saturated carbocycles. The molecule has 0 aromatic carbocycles. The number of hydrogen-bond donors (Lipinski definition) is 2. The molecule has 8 heavy (non-hydrogen) atoms. The third-order valence-electron chi connectivity index (χ3n) is 0.427. The molecule has 0 aliphatic heterocycles. The molecule has 0 aromatic heterocycles. The molecule has 0 aromatic rings. The van der Waals surface area contributed by atoms with Crippen molar-refractivity contribution in [2.45, 2.75) is 6.92 Å². The highest BCUT2D eigenvalue weighted by Gasteiger charge is 1.98. The van der Waals surface area contributed by atoms with Crippen molar-refractivity contribution in [1.29, 1.82) is 0 Å². The molecule has 0 heterocycles. The number of amides is 1. The van der Waals surface area contributed by atoms with Crippen LogP contribution in [0.4, 0.5) is 0 Å². The third-order valence-corrected chi connectivity index (χ3v) is 1.28. The summed E-state index contributed by atoms with van der Waals surface area (Å²) in [6, 6.07) is 0. The first-order valence-corrected chi connectivity index (χ1v) is 4.86. The van der Waals surface area contributed by atoms with Gasteiger partial charge in [0.05, 0.1) is 0 Å². The molecule has 4 heteroatoms. The van der Waals surface area contributed by atoms with Gasteiger partial charge < -0.3 is 0 Å². The summed E-state index contributed by atoms with van der Waals surface area (Å²) < 4.78 is 13.0. The van der Waals surface area contributed by atoms with Gasteiger partial charge in [0, 0.05) is 19.4 Å². The first-order chi connectivity index (χ1) is 3.42. The van der Waals surface area contributed by atoms with Crippen LogP contribution in [0.3, 0.4) is 0 Å². The van der Waals surface area contributed by atoms with Gasteiger partial charge >= 0.3 is 0 Å². The van der Waals surface area contributed by atoms with E-state index in [0.29, 0.717) is 0 Å². The average molecular weight is 137 g/mol. The molecule has 0 unspecified atom stereocenters. The van der Waals surface area contributed by atoms with Crippen LogP contribution in [0.5, 0.6) is 0 Å². The van der Waals surface area contributed by atoms with Crippen molar-refractivity contribution in [2.24, 2.45) is 0 Å². The SMILES string of the molecule is CC(=O)N[SH](C)(C)=O. The second-order valence-electron chi connectivity index (χ2n) is 2.02. The largest absolute Gasteiger partial charge is 0.298 e. The van der Waals surface area contributed by atoms with Crippen LogP contribution >= 0.6 is 0 Å². The zero-order valence-corrected chi connectivity index (χ0v) is 6.16. The second kappa shape index (κ2) is 2.26. The predicted molar refractivity (Wildman–Crippen MR) is 35.2 cm³/mol. The minimum atomic E-state index is -2.32. The van der Waals surface area contributed by atoms with Crippen LogP contribution in [-0.4, -0.2) is 22.6 Å². The van der Waals surface area contributed by atoms with E-state index in [0.717, 1.165) is 0 Å². The molecule has 0 atom stereocenters. The van der Waals surface area contributed by atoms with Crippen molar-refractivity contribution < 1.29 is 9.00 Å². The molecular formula is C4H11NO2S. The average Bonchev–Trinajstić information content (AvgIpc) is 1.21. The number of carbonyl (C=O) groups is 1. The number of hydrogen-bond acceptors (Lipinski definition) is 2. The van der Waals surface area contributed by atoms with Crippen molar-refractivity contribution in [3.63, 3.8) is 0 Å². The van der Waals surface area contributed by atoms with Gasteiger partial charge in [-0.05, 0) is 10.1 Å². The van der Waals surface area contributed by atoms with E-state index in [1.165, 1.54) is 19.4 Å². The lowest BCUT2D eigenvalue weighted by Crippen LogP contribution is -2.32. The molecule has 50 valence electrons. The van der Waals surface area contributed by atoms with E-state index in [9.17, 15) is 9.00 Å². The number of nitrogens with one attached hydrogen (secondary N) is 1. The van der Waals surface area contributed by atoms with Crippen LogP contribution in [0.2, 0.25) is 0 Å². The lowest BCUT2D eigenvalue weighted by Gasteiger charge is -2.11. The number of rotatable bonds is 1. The van der Waals surface area contributed by atoms with E-state index in [1.54, 1.807) is 0 Å². The zero-order chi connectivity index (χ0) is 6.78.